The number of hydrogen-bond acceptors (Lipinski definition) is 4. The number of ether oxygens (including phenoxy) is 1. The van der Waals surface area contributed by atoms with E-state index in [1.807, 2.05) is 0 Å². The Labute approximate surface area is 85.1 Å². The van der Waals surface area contributed by atoms with Gasteiger partial charge in [-0.05, 0) is 5.56 Å². The fourth-order valence-corrected chi connectivity index (χ4v) is 1.21. The molecule has 0 saturated heterocycles. The van der Waals surface area contributed by atoms with Gasteiger partial charge in [0.2, 0.25) is 0 Å². The molecule has 0 aliphatic heterocycles. The first-order valence-corrected chi connectivity index (χ1v) is 4.15. The lowest BCUT2D eigenvalue weighted by molar-refractivity contribution is 0.0598. The molecule has 1 heterocycles. The molecule has 0 aliphatic carbocycles. The molecular weight excluding hydrogens is 206 g/mol. The van der Waals surface area contributed by atoms with Crippen LogP contribution in [0.1, 0.15) is 27.9 Å². The van der Waals surface area contributed by atoms with Gasteiger partial charge in [-0.25, -0.2) is 13.6 Å². The molecule has 0 atom stereocenters. The summed E-state index contributed by atoms with van der Waals surface area (Å²) < 4.78 is 29.5. The summed E-state index contributed by atoms with van der Waals surface area (Å²) in [6, 6.07) is 0. The molecule has 0 amide bonds. The Hall–Kier alpha value is -1.56. The molecule has 6 heteroatoms. The lowest BCUT2D eigenvalue weighted by atomic mass is 10.1. The Morgan fingerprint density at radius 2 is 2.27 bits per heavy atom. The first kappa shape index (κ1) is 11.5. The maximum atomic E-state index is 12.5. The minimum absolute atomic E-state index is 0.0159. The average Bonchev–Trinajstić information content (AvgIpc) is 2.26. The van der Waals surface area contributed by atoms with Crippen LogP contribution in [0.4, 0.5) is 8.78 Å². The monoisotopic (exact) mass is 216 g/mol. The number of hydrogen-bond donors (Lipinski definition) is 1. The molecule has 1 aromatic heterocycles. The van der Waals surface area contributed by atoms with Crippen molar-refractivity contribution in [3.05, 3.63) is 29.1 Å². The van der Waals surface area contributed by atoms with Crippen LogP contribution in [0.2, 0.25) is 0 Å². The predicted molar refractivity (Wildman–Crippen MR) is 48.4 cm³/mol. The first-order valence-electron chi connectivity index (χ1n) is 4.15. The van der Waals surface area contributed by atoms with Gasteiger partial charge in [-0.1, -0.05) is 0 Å². The second kappa shape index (κ2) is 4.79. The van der Waals surface area contributed by atoms with Crippen molar-refractivity contribution in [2.45, 2.75) is 13.0 Å². The van der Waals surface area contributed by atoms with Crippen molar-refractivity contribution in [2.75, 3.05) is 7.11 Å². The van der Waals surface area contributed by atoms with Gasteiger partial charge in [0.15, 0.2) is 0 Å². The molecule has 15 heavy (non-hydrogen) atoms. The van der Waals surface area contributed by atoms with Crippen LogP contribution >= 0.6 is 0 Å². The molecule has 82 valence electrons. The minimum atomic E-state index is -2.71. The maximum Gasteiger partial charge on any atom is 0.339 e. The molecule has 0 aliphatic rings. The molecule has 1 rings (SSSR count). The standard InChI is InChI=1S/C9H10F2N2O2/c1-15-9(14)7-4-13-3-6(8(10)11)5(7)2-12/h3-4,8H,2,12H2,1H3. The van der Waals surface area contributed by atoms with Crippen molar-refractivity contribution in [3.63, 3.8) is 0 Å². The van der Waals surface area contributed by atoms with Crippen molar-refractivity contribution < 1.29 is 18.3 Å². The normalized spacial score (nSPS) is 10.5. The van der Waals surface area contributed by atoms with Gasteiger partial charge < -0.3 is 10.5 Å². The van der Waals surface area contributed by atoms with E-state index in [0.717, 1.165) is 13.3 Å². The zero-order valence-corrected chi connectivity index (χ0v) is 8.04. The van der Waals surface area contributed by atoms with Crippen LogP contribution in [0.5, 0.6) is 0 Å². The Morgan fingerprint density at radius 3 is 2.73 bits per heavy atom. The van der Waals surface area contributed by atoms with Crippen molar-refractivity contribution in [2.24, 2.45) is 5.73 Å². The fraction of sp³-hybridized carbons (Fsp3) is 0.333. The third kappa shape index (κ3) is 2.27. The predicted octanol–water partition coefficient (Wildman–Crippen LogP) is 1.26. The van der Waals surface area contributed by atoms with Gasteiger partial charge in [0, 0.05) is 24.5 Å². The summed E-state index contributed by atoms with van der Waals surface area (Å²) in [5.41, 5.74) is 5.04. The minimum Gasteiger partial charge on any atom is -0.465 e. The second-order valence-corrected chi connectivity index (χ2v) is 2.75. The van der Waals surface area contributed by atoms with Gasteiger partial charge in [-0.2, -0.15) is 0 Å². The fourth-order valence-electron chi connectivity index (χ4n) is 1.21. The zero-order chi connectivity index (χ0) is 11.4. The van der Waals surface area contributed by atoms with E-state index in [2.05, 4.69) is 9.72 Å². The molecule has 0 spiro atoms. The van der Waals surface area contributed by atoms with Crippen LogP contribution in [0.15, 0.2) is 12.4 Å². The summed E-state index contributed by atoms with van der Waals surface area (Å²) in [7, 11) is 1.16. The Balaban J connectivity index is 3.28. The third-order valence-corrected chi connectivity index (χ3v) is 1.94. The highest BCUT2D eigenvalue weighted by atomic mass is 19.3. The number of nitrogens with two attached hydrogens (primary N) is 1. The summed E-state index contributed by atoms with van der Waals surface area (Å²) >= 11 is 0. The van der Waals surface area contributed by atoms with E-state index in [1.165, 1.54) is 6.20 Å². The molecule has 1 aromatic rings. The molecule has 0 radical (unpaired) electrons. The highest BCUT2D eigenvalue weighted by Crippen LogP contribution is 2.24. The largest absolute Gasteiger partial charge is 0.465 e. The summed E-state index contributed by atoms with van der Waals surface area (Å²) in [5.74, 6) is -0.717. The number of carbonyl (C=O) groups excluding carboxylic acids is 1. The van der Waals surface area contributed by atoms with Gasteiger partial charge in [0.25, 0.3) is 6.43 Å². The molecule has 0 saturated carbocycles. The highest BCUT2D eigenvalue weighted by Gasteiger charge is 2.19. The van der Waals surface area contributed by atoms with E-state index in [-0.39, 0.29) is 23.2 Å². The Bertz CT molecular complexity index is 369. The number of pyridine rings is 1. The van der Waals surface area contributed by atoms with E-state index in [4.69, 9.17) is 5.73 Å². The van der Waals surface area contributed by atoms with Crippen molar-refractivity contribution >= 4 is 5.97 Å². The highest BCUT2D eigenvalue weighted by molar-refractivity contribution is 5.91. The van der Waals surface area contributed by atoms with Crippen molar-refractivity contribution in [3.8, 4) is 0 Å². The molecule has 2 N–H and O–H groups in total. The number of halogens is 2. The maximum absolute atomic E-state index is 12.5. The summed E-state index contributed by atoms with van der Waals surface area (Å²) in [5, 5.41) is 0. The van der Waals surface area contributed by atoms with Crippen molar-refractivity contribution in [1.29, 1.82) is 0 Å². The lowest BCUT2D eigenvalue weighted by Crippen LogP contribution is -2.12. The number of nitrogens with zero attached hydrogens (tertiary/aromatic N) is 1. The summed E-state index contributed by atoms with van der Waals surface area (Å²) in [6.45, 7) is -0.160. The van der Waals surface area contributed by atoms with Crippen molar-refractivity contribution in [1.82, 2.24) is 4.98 Å². The second-order valence-electron chi connectivity index (χ2n) is 2.75. The van der Waals surface area contributed by atoms with Crippen LogP contribution in [0.3, 0.4) is 0 Å². The van der Waals surface area contributed by atoms with E-state index < -0.39 is 12.4 Å². The molecule has 0 aromatic carbocycles. The molecule has 4 nitrogen and oxygen atoms in total. The smallest absolute Gasteiger partial charge is 0.339 e. The average molecular weight is 216 g/mol. The number of rotatable bonds is 3. The van der Waals surface area contributed by atoms with Crippen LogP contribution < -0.4 is 5.73 Å². The SMILES string of the molecule is COC(=O)c1cncc(C(F)F)c1CN. The molecular formula is C9H10F2N2O2. The van der Waals surface area contributed by atoms with Gasteiger partial charge in [0.05, 0.1) is 12.7 Å². The third-order valence-electron chi connectivity index (χ3n) is 1.94. The van der Waals surface area contributed by atoms with E-state index in [9.17, 15) is 13.6 Å². The lowest BCUT2D eigenvalue weighted by Gasteiger charge is -2.10. The van der Waals surface area contributed by atoms with Crippen LogP contribution in [0.25, 0.3) is 0 Å². The number of alkyl halides is 2. The Morgan fingerprint density at radius 1 is 1.60 bits per heavy atom. The molecule has 0 unspecified atom stereocenters. The van der Waals surface area contributed by atoms with Crippen LogP contribution in [0, 0.1) is 0 Å². The van der Waals surface area contributed by atoms with Gasteiger partial charge >= 0.3 is 5.97 Å². The van der Waals surface area contributed by atoms with E-state index in [1.54, 1.807) is 0 Å². The number of esters is 1. The quantitative estimate of drug-likeness (QED) is 0.772. The van der Waals surface area contributed by atoms with Crippen LogP contribution in [-0.4, -0.2) is 18.1 Å². The Kier molecular flexibility index (Phi) is 3.68. The van der Waals surface area contributed by atoms with Gasteiger partial charge in [-0.3, -0.25) is 4.98 Å². The summed E-state index contributed by atoms with van der Waals surface area (Å²) in [6.07, 6.45) is -0.542. The van der Waals surface area contributed by atoms with Crippen LogP contribution in [-0.2, 0) is 11.3 Å². The summed E-state index contributed by atoms with van der Waals surface area (Å²) in [4.78, 5) is 14.8. The number of aromatic nitrogens is 1. The number of carbonyl (C=O) groups is 1. The van der Waals surface area contributed by atoms with E-state index >= 15 is 0 Å². The van der Waals surface area contributed by atoms with E-state index in [0.29, 0.717) is 0 Å². The van der Waals surface area contributed by atoms with Gasteiger partial charge in [-0.15, -0.1) is 0 Å². The molecule has 0 bridgehead atoms. The number of methoxy groups -OCH3 is 1. The van der Waals surface area contributed by atoms with Gasteiger partial charge in [0.1, 0.15) is 0 Å². The first-order chi connectivity index (χ1) is 7.11. The molecule has 0 fully saturated rings. The zero-order valence-electron chi connectivity index (χ0n) is 8.04. The topological polar surface area (TPSA) is 65.2 Å².